The smallest absolute Gasteiger partial charge is 0.411 e. The number of nitrogens with one attached hydrogen (secondary N) is 1. The minimum atomic E-state index is -5.10. The molecule has 2 aliphatic rings. The van der Waals surface area contributed by atoms with Gasteiger partial charge in [-0.15, -0.1) is 0 Å². The number of ether oxygens (including phenoxy) is 5. The van der Waals surface area contributed by atoms with Crippen LogP contribution in [0.15, 0.2) is 60.7 Å². The number of hydrogen-bond acceptors (Lipinski definition) is 9. The summed E-state index contributed by atoms with van der Waals surface area (Å²) in [4.78, 5) is 41.8. The number of likely N-dealkylation sites (tertiary alicyclic amines) is 1. The molecule has 2 unspecified atom stereocenters. The van der Waals surface area contributed by atoms with E-state index in [1.165, 1.54) is 38.2 Å². The number of nitrogens with zero attached hydrogens (tertiary/aromatic N) is 2. The van der Waals surface area contributed by atoms with Crippen molar-refractivity contribution in [2.24, 2.45) is 5.92 Å². The van der Waals surface area contributed by atoms with E-state index in [4.69, 9.17) is 23.7 Å². The van der Waals surface area contributed by atoms with Gasteiger partial charge < -0.3 is 43.9 Å². The number of piperidine rings is 1. The van der Waals surface area contributed by atoms with Gasteiger partial charge in [-0.1, -0.05) is 36.4 Å². The molecule has 280 valence electrons. The number of halogens is 3. The summed E-state index contributed by atoms with van der Waals surface area (Å²) in [7, 11) is 2.63. The fraction of sp³-hybridized carbons (Fsp3) is 0.432. The number of benzene rings is 3. The van der Waals surface area contributed by atoms with E-state index in [0.29, 0.717) is 37.4 Å². The van der Waals surface area contributed by atoms with Crippen molar-refractivity contribution in [3.63, 3.8) is 0 Å². The SMILES string of the molecule is COc1cc(C(=O)NC(C(O)CN(CCc2ccc3c(c2)OCO3)C(=O)C2CCN(C(C)=O)CC2)C(F)(F)F)cc(OC)c1OCc1ccccc1. The highest BCUT2D eigenvalue weighted by Gasteiger charge is 2.46. The zero-order chi connectivity index (χ0) is 37.4. The molecule has 0 saturated carbocycles. The molecule has 1 fully saturated rings. The molecule has 3 amide bonds. The monoisotopic (exact) mass is 729 g/mol. The number of carbonyl (C=O) groups excluding carboxylic acids is 3. The van der Waals surface area contributed by atoms with Crippen molar-refractivity contribution in [3.05, 3.63) is 77.4 Å². The third-order valence-corrected chi connectivity index (χ3v) is 9.09. The number of rotatable bonds is 14. The van der Waals surface area contributed by atoms with Crippen molar-refractivity contribution >= 4 is 17.7 Å². The third kappa shape index (κ3) is 9.37. The maximum absolute atomic E-state index is 14.6. The predicted octanol–water partition coefficient (Wildman–Crippen LogP) is 4.36. The van der Waals surface area contributed by atoms with Crippen molar-refractivity contribution in [1.29, 1.82) is 0 Å². The van der Waals surface area contributed by atoms with Crippen molar-refractivity contribution < 1.29 is 56.3 Å². The van der Waals surface area contributed by atoms with Crippen LogP contribution in [-0.4, -0.2) is 98.1 Å². The molecular formula is C37H42F3N3O9. The van der Waals surface area contributed by atoms with Crippen molar-refractivity contribution in [2.45, 2.75) is 51.1 Å². The number of aliphatic hydroxyl groups is 1. The Bertz CT molecular complexity index is 1690. The van der Waals surface area contributed by atoms with E-state index in [1.54, 1.807) is 23.1 Å². The highest BCUT2D eigenvalue weighted by atomic mass is 19.4. The normalized spacial score (nSPS) is 15.4. The van der Waals surface area contributed by atoms with Gasteiger partial charge in [0, 0.05) is 44.6 Å². The van der Waals surface area contributed by atoms with E-state index >= 15 is 0 Å². The Balaban J connectivity index is 1.33. The predicted molar refractivity (Wildman–Crippen MR) is 181 cm³/mol. The lowest BCUT2D eigenvalue weighted by atomic mass is 9.94. The summed E-state index contributed by atoms with van der Waals surface area (Å²) in [6.07, 6.45) is -6.45. The summed E-state index contributed by atoms with van der Waals surface area (Å²) in [5.41, 5.74) is 1.33. The number of amides is 3. The van der Waals surface area contributed by atoms with Crippen molar-refractivity contribution in [1.82, 2.24) is 15.1 Å². The lowest BCUT2D eigenvalue weighted by Crippen LogP contribution is -2.57. The molecule has 3 aromatic carbocycles. The summed E-state index contributed by atoms with van der Waals surface area (Å²) in [5.74, 6) is -1.02. The van der Waals surface area contributed by atoms with Crippen LogP contribution in [0.3, 0.4) is 0 Å². The lowest BCUT2D eigenvalue weighted by Gasteiger charge is -2.36. The second-order valence-corrected chi connectivity index (χ2v) is 12.5. The molecule has 52 heavy (non-hydrogen) atoms. The second-order valence-electron chi connectivity index (χ2n) is 12.5. The van der Waals surface area contributed by atoms with Gasteiger partial charge in [0.1, 0.15) is 12.7 Å². The standard InChI is InChI=1S/C37H42F3N3O9/c1-23(44)42-15-12-26(13-16-42)36(47)43(14-11-24-9-10-29-30(17-24)52-22-51-29)20-28(45)34(37(38,39)40)41-35(46)27-18-31(48-2)33(32(19-27)49-3)50-21-25-7-5-4-6-8-25/h4-10,17-19,26,28,34,45H,11-16,20-22H2,1-3H3,(H,41,46). The Labute approximate surface area is 299 Å². The van der Waals surface area contributed by atoms with Crippen LogP contribution < -0.4 is 29.0 Å². The number of carbonyl (C=O) groups is 3. The molecule has 2 N–H and O–H groups in total. The Morgan fingerprint density at radius 2 is 1.62 bits per heavy atom. The lowest BCUT2D eigenvalue weighted by molar-refractivity contribution is -0.178. The molecule has 0 radical (unpaired) electrons. The topological polar surface area (TPSA) is 136 Å². The quantitative estimate of drug-likeness (QED) is 0.248. The zero-order valence-corrected chi connectivity index (χ0v) is 29.1. The van der Waals surface area contributed by atoms with Gasteiger partial charge >= 0.3 is 6.18 Å². The van der Waals surface area contributed by atoms with E-state index in [2.05, 4.69) is 0 Å². The van der Waals surface area contributed by atoms with Gasteiger partial charge in [-0.3, -0.25) is 14.4 Å². The van der Waals surface area contributed by atoms with Crippen LogP contribution in [0.25, 0.3) is 0 Å². The molecule has 2 atom stereocenters. The number of aliphatic hydroxyl groups excluding tert-OH is 1. The fourth-order valence-electron chi connectivity index (χ4n) is 6.19. The van der Waals surface area contributed by atoms with Crippen LogP contribution in [0.5, 0.6) is 28.7 Å². The molecule has 1 saturated heterocycles. The van der Waals surface area contributed by atoms with Gasteiger partial charge in [-0.25, -0.2) is 0 Å². The maximum atomic E-state index is 14.6. The Morgan fingerprint density at radius 1 is 0.962 bits per heavy atom. The summed E-state index contributed by atoms with van der Waals surface area (Å²) < 4.78 is 71.1. The van der Waals surface area contributed by atoms with Gasteiger partial charge in [-0.05, 0) is 54.7 Å². The Kier molecular flexibility index (Phi) is 12.4. The molecule has 2 heterocycles. The van der Waals surface area contributed by atoms with Gasteiger partial charge in [0.15, 0.2) is 29.0 Å². The average molecular weight is 730 g/mol. The average Bonchev–Trinajstić information content (AvgIpc) is 3.62. The zero-order valence-electron chi connectivity index (χ0n) is 29.1. The van der Waals surface area contributed by atoms with Crippen LogP contribution in [0.4, 0.5) is 13.2 Å². The van der Waals surface area contributed by atoms with Crippen molar-refractivity contribution in [3.8, 4) is 28.7 Å². The number of hydrogen-bond donors (Lipinski definition) is 2. The first-order chi connectivity index (χ1) is 24.9. The first-order valence-corrected chi connectivity index (χ1v) is 16.8. The van der Waals surface area contributed by atoms with Crippen LogP contribution >= 0.6 is 0 Å². The number of methoxy groups -OCH3 is 2. The summed E-state index contributed by atoms with van der Waals surface area (Å²) in [5, 5.41) is 13.1. The molecule has 0 aliphatic carbocycles. The first-order valence-electron chi connectivity index (χ1n) is 16.8. The third-order valence-electron chi connectivity index (χ3n) is 9.09. The highest BCUT2D eigenvalue weighted by Crippen LogP contribution is 2.39. The Morgan fingerprint density at radius 3 is 2.23 bits per heavy atom. The molecule has 15 heteroatoms. The van der Waals surface area contributed by atoms with Crippen LogP contribution in [0, 0.1) is 5.92 Å². The minimum Gasteiger partial charge on any atom is -0.493 e. The van der Waals surface area contributed by atoms with Crippen LogP contribution in [0.1, 0.15) is 41.3 Å². The molecular weight excluding hydrogens is 687 g/mol. The number of alkyl halides is 3. The number of fused-ring (bicyclic) bond motifs is 1. The summed E-state index contributed by atoms with van der Waals surface area (Å²) in [6, 6.07) is 14.1. The highest BCUT2D eigenvalue weighted by molar-refractivity contribution is 5.96. The van der Waals surface area contributed by atoms with Gasteiger partial charge in [0.2, 0.25) is 24.4 Å². The van der Waals surface area contributed by atoms with E-state index in [-0.39, 0.29) is 55.1 Å². The van der Waals surface area contributed by atoms with Crippen molar-refractivity contribution in [2.75, 3.05) is 47.2 Å². The molecule has 12 nitrogen and oxygen atoms in total. The minimum absolute atomic E-state index is 0.0280. The largest absolute Gasteiger partial charge is 0.493 e. The van der Waals surface area contributed by atoms with E-state index in [0.717, 1.165) is 11.1 Å². The van der Waals surface area contributed by atoms with Gasteiger partial charge in [0.05, 0.1) is 14.2 Å². The van der Waals surface area contributed by atoms with E-state index in [1.807, 2.05) is 35.6 Å². The molecule has 0 bridgehead atoms. The van der Waals surface area contributed by atoms with Gasteiger partial charge in [0.25, 0.3) is 5.91 Å². The molecule has 2 aliphatic heterocycles. The summed E-state index contributed by atoms with van der Waals surface area (Å²) >= 11 is 0. The first kappa shape index (κ1) is 38.1. The van der Waals surface area contributed by atoms with E-state index in [9.17, 15) is 32.7 Å². The van der Waals surface area contributed by atoms with E-state index < -0.39 is 42.6 Å². The molecule has 0 aromatic heterocycles. The molecule has 5 rings (SSSR count). The summed E-state index contributed by atoms with van der Waals surface area (Å²) in [6.45, 7) is 1.52. The second kappa shape index (κ2) is 16.9. The van der Waals surface area contributed by atoms with Gasteiger partial charge in [-0.2, -0.15) is 13.2 Å². The van der Waals surface area contributed by atoms with Crippen LogP contribution in [0.2, 0.25) is 0 Å². The fourth-order valence-corrected chi connectivity index (χ4v) is 6.19. The maximum Gasteiger partial charge on any atom is 0.411 e. The Hall–Kier alpha value is -5.18. The molecule has 3 aromatic rings. The molecule has 0 spiro atoms. The van der Waals surface area contributed by atoms with Crippen LogP contribution in [-0.2, 0) is 22.6 Å².